The van der Waals surface area contributed by atoms with Gasteiger partial charge in [-0.25, -0.2) is 9.97 Å². The summed E-state index contributed by atoms with van der Waals surface area (Å²) in [6.45, 7) is 0.561. The Kier molecular flexibility index (Phi) is 3.40. The Balaban J connectivity index is 1.62. The fourth-order valence-corrected chi connectivity index (χ4v) is 2.86. The summed E-state index contributed by atoms with van der Waals surface area (Å²) in [5.41, 5.74) is 4.34. The van der Waals surface area contributed by atoms with Crippen LogP contribution in [0.15, 0.2) is 36.8 Å². The number of hydrogen-bond acceptors (Lipinski definition) is 4. The van der Waals surface area contributed by atoms with E-state index in [4.69, 9.17) is 11.6 Å². The monoisotopic (exact) mass is 323 g/mol. The molecule has 4 rings (SSSR count). The molecule has 0 aromatic carbocycles. The quantitative estimate of drug-likeness (QED) is 0.743. The van der Waals surface area contributed by atoms with E-state index in [1.165, 1.54) is 18.4 Å². The van der Waals surface area contributed by atoms with Crippen molar-refractivity contribution in [3.8, 4) is 6.07 Å². The van der Waals surface area contributed by atoms with Gasteiger partial charge in [-0.05, 0) is 42.5 Å². The number of rotatable bonds is 4. The molecule has 3 heterocycles. The van der Waals surface area contributed by atoms with Crippen LogP contribution in [0.1, 0.15) is 35.6 Å². The van der Waals surface area contributed by atoms with Crippen LogP contribution in [0, 0.1) is 11.3 Å². The van der Waals surface area contributed by atoms with Crippen molar-refractivity contribution in [2.45, 2.75) is 25.3 Å². The molecule has 1 aliphatic rings. The molecule has 0 unspecified atom stereocenters. The second-order valence-corrected chi connectivity index (χ2v) is 6.14. The summed E-state index contributed by atoms with van der Waals surface area (Å²) in [6, 6.07) is 7.85. The van der Waals surface area contributed by atoms with E-state index in [0.29, 0.717) is 28.8 Å². The minimum atomic E-state index is 0.450. The van der Waals surface area contributed by atoms with Gasteiger partial charge in [0.2, 0.25) is 0 Å². The minimum Gasteiger partial charge on any atom is -0.379 e. The standard InChI is InChI=1S/C17H14ClN5/c18-16-6-14(3-4-20-16)21-8-15-10-23-9-13(11-1-2-11)5-12(7-19)17(23)22-15/h3-6,9-11H,1-2,8H2,(H,20,21). The van der Waals surface area contributed by atoms with Crippen molar-refractivity contribution >= 4 is 22.9 Å². The van der Waals surface area contributed by atoms with Crippen LogP contribution in [0.3, 0.4) is 0 Å². The van der Waals surface area contributed by atoms with Gasteiger partial charge in [-0.15, -0.1) is 0 Å². The zero-order valence-electron chi connectivity index (χ0n) is 12.3. The molecule has 1 fully saturated rings. The van der Waals surface area contributed by atoms with Crippen molar-refractivity contribution in [1.29, 1.82) is 5.26 Å². The molecule has 1 N–H and O–H groups in total. The van der Waals surface area contributed by atoms with Gasteiger partial charge in [-0.1, -0.05) is 11.6 Å². The van der Waals surface area contributed by atoms with Gasteiger partial charge in [0, 0.05) is 24.3 Å². The van der Waals surface area contributed by atoms with E-state index < -0.39 is 0 Å². The Morgan fingerprint density at radius 3 is 2.96 bits per heavy atom. The highest BCUT2D eigenvalue weighted by Crippen LogP contribution is 2.40. The third-order valence-corrected chi connectivity index (χ3v) is 4.20. The van der Waals surface area contributed by atoms with Crippen LogP contribution in [0.5, 0.6) is 0 Å². The number of hydrogen-bond donors (Lipinski definition) is 1. The van der Waals surface area contributed by atoms with Gasteiger partial charge in [0.25, 0.3) is 0 Å². The zero-order valence-corrected chi connectivity index (χ0v) is 13.1. The molecule has 23 heavy (non-hydrogen) atoms. The van der Waals surface area contributed by atoms with Crippen molar-refractivity contribution in [2.75, 3.05) is 5.32 Å². The van der Waals surface area contributed by atoms with Crippen LogP contribution in [-0.4, -0.2) is 14.4 Å². The van der Waals surface area contributed by atoms with Crippen LogP contribution in [0.25, 0.3) is 5.65 Å². The van der Waals surface area contributed by atoms with Gasteiger partial charge in [-0.2, -0.15) is 5.26 Å². The predicted octanol–water partition coefficient (Wildman–Crippen LogP) is 3.74. The van der Waals surface area contributed by atoms with Crippen LogP contribution in [-0.2, 0) is 6.54 Å². The summed E-state index contributed by atoms with van der Waals surface area (Å²) in [6.07, 6.45) is 8.14. The van der Waals surface area contributed by atoms with E-state index in [-0.39, 0.29) is 0 Å². The lowest BCUT2D eigenvalue weighted by molar-refractivity contribution is 1.05. The van der Waals surface area contributed by atoms with E-state index in [0.717, 1.165) is 11.4 Å². The third kappa shape index (κ3) is 2.86. The van der Waals surface area contributed by atoms with Crippen LogP contribution in [0.2, 0.25) is 5.15 Å². The molecule has 114 valence electrons. The molecule has 1 aliphatic carbocycles. The van der Waals surface area contributed by atoms with E-state index in [9.17, 15) is 5.26 Å². The first-order valence-corrected chi connectivity index (χ1v) is 7.88. The summed E-state index contributed by atoms with van der Waals surface area (Å²) in [5.74, 6) is 0.606. The van der Waals surface area contributed by atoms with Crippen molar-refractivity contribution in [3.63, 3.8) is 0 Å². The second kappa shape index (κ2) is 5.56. The van der Waals surface area contributed by atoms with E-state index >= 15 is 0 Å². The van der Waals surface area contributed by atoms with Crippen LogP contribution < -0.4 is 5.32 Å². The molecule has 0 aliphatic heterocycles. The van der Waals surface area contributed by atoms with E-state index in [1.54, 1.807) is 12.3 Å². The number of nitriles is 1. The summed E-state index contributed by atoms with van der Waals surface area (Å²) < 4.78 is 1.96. The van der Waals surface area contributed by atoms with Gasteiger partial charge in [0.05, 0.1) is 17.8 Å². The van der Waals surface area contributed by atoms with Crippen LogP contribution in [0.4, 0.5) is 5.69 Å². The van der Waals surface area contributed by atoms with Crippen molar-refractivity contribution in [2.24, 2.45) is 0 Å². The SMILES string of the molecule is N#Cc1cc(C2CC2)cn2cc(CNc3ccnc(Cl)c3)nc12. The van der Waals surface area contributed by atoms with E-state index in [1.807, 2.05) is 22.7 Å². The summed E-state index contributed by atoms with van der Waals surface area (Å²) in [5, 5.41) is 13.1. The Hall–Kier alpha value is -2.58. The number of halogens is 1. The Morgan fingerprint density at radius 1 is 1.35 bits per heavy atom. The lowest BCUT2D eigenvalue weighted by Gasteiger charge is -2.03. The first-order valence-electron chi connectivity index (χ1n) is 7.50. The number of anilines is 1. The summed E-state index contributed by atoms with van der Waals surface area (Å²) in [4.78, 5) is 8.53. The summed E-state index contributed by atoms with van der Waals surface area (Å²) in [7, 11) is 0. The molecular weight excluding hydrogens is 310 g/mol. The third-order valence-electron chi connectivity index (χ3n) is 3.99. The molecule has 3 aromatic heterocycles. The molecule has 0 spiro atoms. The van der Waals surface area contributed by atoms with E-state index in [2.05, 4.69) is 27.6 Å². The van der Waals surface area contributed by atoms with Gasteiger partial charge in [0.1, 0.15) is 11.2 Å². The maximum absolute atomic E-state index is 9.37. The number of aromatic nitrogens is 3. The first-order chi connectivity index (χ1) is 11.2. The predicted molar refractivity (Wildman–Crippen MR) is 88.5 cm³/mol. The van der Waals surface area contributed by atoms with Crippen molar-refractivity contribution in [1.82, 2.24) is 14.4 Å². The average molecular weight is 324 g/mol. The first kappa shape index (κ1) is 14.0. The lowest BCUT2D eigenvalue weighted by atomic mass is 10.1. The fourth-order valence-electron chi connectivity index (χ4n) is 2.68. The molecule has 0 atom stereocenters. The van der Waals surface area contributed by atoms with Gasteiger partial charge in [0.15, 0.2) is 5.65 Å². The highest BCUT2D eigenvalue weighted by Gasteiger charge is 2.25. The molecule has 0 radical (unpaired) electrons. The maximum Gasteiger partial charge on any atom is 0.155 e. The smallest absolute Gasteiger partial charge is 0.155 e. The summed E-state index contributed by atoms with van der Waals surface area (Å²) >= 11 is 5.88. The second-order valence-electron chi connectivity index (χ2n) is 5.76. The maximum atomic E-state index is 9.37. The van der Waals surface area contributed by atoms with Crippen molar-refractivity contribution in [3.05, 3.63) is 58.8 Å². The van der Waals surface area contributed by atoms with Gasteiger partial charge in [-0.3, -0.25) is 0 Å². The highest BCUT2D eigenvalue weighted by atomic mass is 35.5. The number of fused-ring (bicyclic) bond motifs is 1. The molecule has 5 nitrogen and oxygen atoms in total. The molecular formula is C17H14ClN5. The largest absolute Gasteiger partial charge is 0.379 e. The molecule has 6 heteroatoms. The Bertz CT molecular complexity index is 920. The Labute approximate surface area is 138 Å². The number of nitrogens with zero attached hydrogens (tertiary/aromatic N) is 4. The van der Waals surface area contributed by atoms with Crippen LogP contribution >= 0.6 is 11.6 Å². The highest BCUT2D eigenvalue weighted by molar-refractivity contribution is 6.29. The zero-order chi connectivity index (χ0) is 15.8. The van der Waals surface area contributed by atoms with Crippen molar-refractivity contribution < 1.29 is 0 Å². The number of pyridine rings is 2. The molecule has 0 bridgehead atoms. The number of imidazole rings is 1. The Morgan fingerprint density at radius 2 is 2.22 bits per heavy atom. The lowest BCUT2D eigenvalue weighted by Crippen LogP contribution is -1.99. The van der Waals surface area contributed by atoms with Gasteiger partial charge < -0.3 is 9.72 Å². The average Bonchev–Trinajstić information content (AvgIpc) is 3.32. The molecule has 0 amide bonds. The molecule has 0 saturated heterocycles. The normalized spacial score (nSPS) is 13.9. The minimum absolute atomic E-state index is 0.450. The van der Waals surface area contributed by atoms with Gasteiger partial charge >= 0.3 is 0 Å². The fraction of sp³-hybridized carbons (Fsp3) is 0.235. The molecule has 1 saturated carbocycles. The molecule has 3 aromatic rings. The topological polar surface area (TPSA) is 66.0 Å². The number of nitrogens with one attached hydrogen (secondary N) is 1.